The first-order valence-electron chi connectivity index (χ1n) is 7.68. The van der Waals surface area contributed by atoms with E-state index in [0.29, 0.717) is 17.6 Å². The van der Waals surface area contributed by atoms with Crippen LogP contribution >= 0.6 is 0 Å². The SMILES string of the molecule is C=C(CO)C(=O)NCc1cnc2cc(F)c(C)c3c2c1CCC3. The van der Waals surface area contributed by atoms with Crippen LogP contribution < -0.4 is 5.32 Å². The number of halogens is 1. The minimum Gasteiger partial charge on any atom is -0.391 e. The van der Waals surface area contributed by atoms with Crippen molar-refractivity contribution < 1.29 is 14.3 Å². The van der Waals surface area contributed by atoms with Crippen LogP contribution in [0.2, 0.25) is 0 Å². The third-order valence-corrected chi connectivity index (χ3v) is 4.49. The molecule has 0 saturated carbocycles. The van der Waals surface area contributed by atoms with E-state index >= 15 is 0 Å². The molecule has 4 nitrogen and oxygen atoms in total. The highest BCUT2D eigenvalue weighted by Gasteiger charge is 2.20. The van der Waals surface area contributed by atoms with Crippen LogP contribution in [0.25, 0.3) is 10.9 Å². The van der Waals surface area contributed by atoms with Crippen molar-refractivity contribution in [1.82, 2.24) is 10.3 Å². The van der Waals surface area contributed by atoms with Gasteiger partial charge in [-0.15, -0.1) is 0 Å². The van der Waals surface area contributed by atoms with E-state index in [9.17, 15) is 9.18 Å². The summed E-state index contributed by atoms with van der Waals surface area (Å²) in [6, 6.07) is 1.49. The van der Waals surface area contributed by atoms with Gasteiger partial charge in [0.1, 0.15) is 5.82 Å². The topological polar surface area (TPSA) is 62.2 Å². The highest BCUT2D eigenvalue weighted by molar-refractivity contribution is 5.93. The largest absolute Gasteiger partial charge is 0.391 e. The lowest BCUT2D eigenvalue weighted by Gasteiger charge is -2.22. The fraction of sp³-hybridized carbons (Fsp3) is 0.333. The standard InChI is InChI=1S/C18H19FN2O2/c1-10(9-22)18(23)21-8-12-7-20-16-6-15(19)11(2)13-4-3-5-14(12)17(13)16/h6-7,22H,1,3-5,8-9H2,2H3,(H,21,23). The molecule has 3 rings (SSSR count). The number of carbonyl (C=O) groups excluding carboxylic acids is 1. The van der Waals surface area contributed by atoms with Crippen molar-refractivity contribution >= 4 is 16.8 Å². The van der Waals surface area contributed by atoms with Gasteiger partial charge in [-0.3, -0.25) is 9.78 Å². The van der Waals surface area contributed by atoms with Crippen LogP contribution in [0.5, 0.6) is 0 Å². The quantitative estimate of drug-likeness (QED) is 0.852. The number of rotatable bonds is 4. The van der Waals surface area contributed by atoms with Gasteiger partial charge in [-0.2, -0.15) is 0 Å². The number of hydrogen-bond acceptors (Lipinski definition) is 3. The summed E-state index contributed by atoms with van der Waals surface area (Å²) in [6.07, 6.45) is 4.40. The molecule has 1 aliphatic rings. The molecule has 0 fully saturated rings. The number of amides is 1. The lowest BCUT2D eigenvalue weighted by molar-refractivity contribution is -0.118. The van der Waals surface area contributed by atoms with Crippen molar-refractivity contribution in [3.8, 4) is 0 Å². The van der Waals surface area contributed by atoms with E-state index in [2.05, 4.69) is 16.9 Å². The Hall–Kier alpha value is -2.27. The number of nitrogens with one attached hydrogen (secondary N) is 1. The first-order chi connectivity index (χ1) is 11.0. The van der Waals surface area contributed by atoms with Gasteiger partial charge in [-0.1, -0.05) is 6.58 Å². The van der Waals surface area contributed by atoms with Gasteiger partial charge in [0.15, 0.2) is 0 Å². The van der Waals surface area contributed by atoms with Crippen molar-refractivity contribution in [2.24, 2.45) is 0 Å². The monoisotopic (exact) mass is 314 g/mol. The number of aryl methyl sites for hydroxylation is 2. The van der Waals surface area contributed by atoms with Crippen molar-refractivity contribution in [2.75, 3.05) is 6.61 Å². The summed E-state index contributed by atoms with van der Waals surface area (Å²) >= 11 is 0. The van der Waals surface area contributed by atoms with Gasteiger partial charge in [0.05, 0.1) is 12.1 Å². The molecule has 2 aromatic rings. The molecule has 1 aromatic carbocycles. The molecule has 0 radical (unpaired) electrons. The third-order valence-electron chi connectivity index (χ3n) is 4.49. The number of benzene rings is 1. The minimum atomic E-state index is -0.369. The zero-order valence-electron chi connectivity index (χ0n) is 13.1. The number of aliphatic hydroxyl groups is 1. The van der Waals surface area contributed by atoms with Crippen molar-refractivity contribution in [2.45, 2.75) is 32.7 Å². The summed E-state index contributed by atoms with van der Waals surface area (Å²) in [5, 5.41) is 12.7. The second kappa shape index (κ2) is 6.08. The van der Waals surface area contributed by atoms with Crippen molar-refractivity contribution in [3.05, 3.63) is 52.5 Å². The Bertz CT molecular complexity index is 815. The van der Waals surface area contributed by atoms with Crippen LogP contribution in [0.3, 0.4) is 0 Å². The maximum absolute atomic E-state index is 14.0. The smallest absolute Gasteiger partial charge is 0.249 e. The number of hydrogen-bond donors (Lipinski definition) is 2. The molecule has 1 aromatic heterocycles. The Morgan fingerprint density at radius 2 is 2.17 bits per heavy atom. The van der Waals surface area contributed by atoms with Gasteiger partial charge in [-0.25, -0.2) is 4.39 Å². The number of carbonyl (C=O) groups is 1. The van der Waals surface area contributed by atoms with E-state index in [-0.39, 0.29) is 23.9 Å². The number of pyridine rings is 1. The van der Waals surface area contributed by atoms with E-state index in [1.807, 2.05) is 0 Å². The molecule has 0 unspecified atom stereocenters. The Labute approximate surface area is 134 Å². The van der Waals surface area contributed by atoms with Gasteiger partial charge >= 0.3 is 0 Å². The molecular weight excluding hydrogens is 295 g/mol. The summed E-state index contributed by atoms with van der Waals surface area (Å²) in [5.41, 5.74) is 4.59. The first-order valence-corrected chi connectivity index (χ1v) is 7.68. The Morgan fingerprint density at radius 3 is 2.91 bits per heavy atom. The molecule has 1 amide bonds. The van der Waals surface area contributed by atoms with Gasteiger partial charge in [0.25, 0.3) is 0 Å². The molecule has 0 atom stereocenters. The lowest BCUT2D eigenvalue weighted by atomic mass is 9.85. The fourth-order valence-electron chi connectivity index (χ4n) is 3.18. The summed E-state index contributed by atoms with van der Waals surface area (Å²) in [7, 11) is 0. The molecule has 1 heterocycles. The van der Waals surface area contributed by atoms with Gasteiger partial charge < -0.3 is 10.4 Å². The third kappa shape index (κ3) is 2.72. The van der Waals surface area contributed by atoms with Crippen LogP contribution in [0.15, 0.2) is 24.4 Å². The highest BCUT2D eigenvalue weighted by Crippen LogP contribution is 2.34. The molecule has 0 saturated heterocycles. The Balaban J connectivity index is 2.01. The van der Waals surface area contributed by atoms with E-state index in [0.717, 1.165) is 41.3 Å². The van der Waals surface area contributed by atoms with Crippen LogP contribution in [-0.2, 0) is 24.2 Å². The minimum absolute atomic E-state index is 0.131. The lowest BCUT2D eigenvalue weighted by Crippen LogP contribution is -2.26. The summed E-state index contributed by atoms with van der Waals surface area (Å²) in [4.78, 5) is 16.1. The Kier molecular flexibility index (Phi) is 4.13. The van der Waals surface area contributed by atoms with E-state index < -0.39 is 0 Å². The second-order valence-corrected chi connectivity index (χ2v) is 5.92. The Morgan fingerprint density at radius 1 is 1.43 bits per heavy atom. The van der Waals surface area contributed by atoms with Crippen LogP contribution in [0.4, 0.5) is 4.39 Å². The van der Waals surface area contributed by atoms with Gasteiger partial charge in [0, 0.05) is 29.8 Å². The predicted octanol–water partition coefficient (Wildman–Crippen LogP) is 2.34. The highest BCUT2D eigenvalue weighted by atomic mass is 19.1. The summed E-state index contributed by atoms with van der Waals surface area (Å²) in [6.45, 7) is 5.27. The summed E-state index contributed by atoms with van der Waals surface area (Å²) < 4.78 is 14.0. The molecular formula is C18H19FN2O2. The molecule has 5 heteroatoms. The van der Waals surface area contributed by atoms with Crippen LogP contribution in [0, 0.1) is 12.7 Å². The molecule has 0 bridgehead atoms. The predicted molar refractivity (Wildman–Crippen MR) is 86.5 cm³/mol. The second-order valence-electron chi connectivity index (χ2n) is 5.92. The molecule has 1 aliphatic carbocycles. The fourth-order valence-corrected chi connectivity index (χ4v) is 3.18. The molecule has 120 valence electrons. The normalized spacial score (nSPS) is 13.2. The maximum atomic E-state index is 14.0. The van der Waals surface area contributed by atoms with E-state index in [4.69, 9.17) is 5.11 Å². The zero-order chi connectivity index (χ0) is 16.6. The molecule has 0 spiro atoms. The average molecular weight is 314 g/mol. The van der Waals surface area contributed by atoms with E-state index in [1.165, 1.54) is 6.07 Å². The molecule has 2 N–H and O–H groups in total. The summed E-state index contributed by atoms with van der Waals surface area (Å²) in [5.74, 6) is -0.584. The van der Waals surface area contributed by atoms with Crippen LogP contribution in [0.1, 0.15) is 28.7 Å². The average Bonchev–Trinajstić information content (AvgIpc) is 2.57. The van der Waals surface area contributed by atoms with Crippen LogP contribution in [-0.4, -0.2) is 22.6 Å². The number of aromatic nitrogens is 1. The first kappa shape index (κ1) is 15.6. The van der Waals surface area contributed by atoms with Gasteiger partial charge in [0.2, 0.25) is 5.91 Å². The van der Waals surface area contributed by atoms with E-state index in [1.54, 1.807) is 13.1 Å². The maximum Gasteiger partial charge on any atom is 0.249 e. The number of aliphatic hydroxyl groups excluding tert-OH is 1. The van der Waals surface area contributed by atoms with Crippen molar-refractivity contribution in [3.63, 3.8) is 0 Å². The molecule has 23 heavy (non-hydrogen) atoms. The zero-order valence-corrected chi connectivity index (χ0v) is 13.1. The van der Waals surface area contributed by atoms with Crippen molar-refractivity contribution in [1.29, 1.82) is 0 Å². The molecule has 0 aliphatic heterocycles. The van der Waals surface area contributed by atoms with Gasteiger partial charge in [-0.05, 0) is 48.4 Å². The number of nitrogens with zero attached hydrogens (tertiary/aromatic N) is 1.